The van der Waals surface area contributed by atoms with Gasteiger partial charge in [-0.2, -0.15) is 0 Å². The fraction of sp³-hybridized carbons (Fsp3) is 0.188. The Morgan fingerprint density at radius 1 is 0.408 bits per heavy atom. The maximum absolute atomic E-state index is 11.7. The highest BCUT2D eigenvalue weighted by Gasteiger charge is 2.45. The molecule has 0 saturated heterocycles. The molecule has 2 heterocycles. The second-order valence-corrected chi connectivity index (χ2v) is 20.5. The van der Waals surface area contributed by atoms with Crippen molar-refractivity contribution in [3.05, 3.63) is 292 Å². The molecule has 0 aromatic heterocycles. The first-order valence-corrected chi connectivity index (χ1v) is 26.1. The van der Waals surface area contributed by atoms with Crippen molar-refractivity contribution in [3.8, 4) is 0 Å². The summed E-state index contributed by atoms with van der Waals surface area (Å²) in [6.45, 7) is 11.0. The van der Waals surface area contributed by atoms with Crippen LogP contribution in [0.15, 0.2) is 205 Å². The quantitative estimate of drug-likeness (QED) is 0.0781. The topological polar surface area (TPSA) is 151 Å². The number of rotatable bonds is 10. The minimum Gasteiger partial charge on any atom is -0.478 e. The van der Waals surface area contributed by atoms with Gasteiger partial charge in [0, 0.05) is 26.2 Å². The van der Waals surface area contributed by atoms with Gasteiger partial charge in [0.2, 0.25) is 0 Å². The van der Waals surface area contributed by atoms with Crippen LogP contribution >= 0.6 is 46.4 Å². The lowest BCUT2D eigenvalue weighted by atomic mass is 9.74. The van der Waals surface area contributed by atoms with Crippen LogP contribution in [0, 0.1) is 0 Å². The minimum absolute atomic E-state index is 0. The minimum atomic E-state index is -1.10. The zero-order valence-corrected chi connectivity index (χ0v) is 46.3. The van der Waals surface area contributed by atoms with E-state index in [2.05, 4.69) is 183 Å². The van der Waals surface area contributed by atoms with Crippen LogP contribution in [0.1, 0.15) is 104 Å². The van der Waals surface area contributed by atoms with E-state index in [1.54, 1.807) is 12.1 Å². The molecule has 0 aliphatic carbocycles. The van der Waals surface area contributed by atoms with Gasteiger partial charge in [0.1, 0.15) is 0 Å². The van der Waals surface area contributed by atoms with Gasteiger partial charge in [-0.05, 0) is 108 Å². The van der Waals surface area contributed by atoms with Crippen LogP contribution in [0.5, 0.6) is 0 Å². The van der Waals surface area contributed by atoms with Crippen LogP contribution in [-0.4, -0.2) is 45.0 Å². The Morgan fingerprint density at radius 3 is 0.829 bits per heavy atom. The van der Waals surface area contributed by atoms with Crippen LogP contribution < -0.4 is 12.3 Å². The number of carboxylic acid groups (broad SMARTS) is 2. The lowest BCUT2D eigenvalue weighted by molar-refractivity contribution is 0.0686. The van der Waals surface area contributed by atoms with Gasteiger partial charge in [0.15, 0.2) is 0 Å². The van der Waals surface area contributed by atoms with E-state index in [-0.39, 0.29) is 43.5 Å². The number of carboxylic acids is 2. The third-order valence-corrected chi connectivity index (χ3v) is 15.8. The maximum Gasteiger partial charge on any atom is 0.338 e. The molecule has 0 saturated carbocycles. The van der Waals surface area contributed by atoms with Crippen molar-refractivity contribution in [2.75, 3.05) is 13.1 Å². The summed E-state index contributed by atoms with van der Waals surface area (Å²) in [5, 5.41) is 20.0. The summed E-state index contributed by atoms with van der Waals surface area (Å²) in [6, 6.07) is 66.6. The van der Waals surface area contributed by atoms with Crippen molar-refractivity contribution in [1.29, 1.82) is 0 Å². The summed E-state index contributed by atoms with van der Waals surface area (Å²) >= 11 is 25.9. The Balaban J connectivity index is 0.000000218. The molecule has 0 radical (unpaired) electrons. The van der Waals surface area contributed by atoms with Crippen molar-refractivity contribution in [2.45, 2.75) is 64.7 Å². The standard InChI is InChI=1S/2C29H23Cl2NO2.C6H12.2H3N/c2*30-25-18-20-19-32(17-16-24(20)27(31)26(25)28(33)34)29(21-10-4-1-5-11-21,22-12-6-2-7-13-22)23-14-8-3-9-15-23;1-5(2)6(3)4;;/h2*1-15,18H,16-17,19H2,(H,33,34);1-4H3;2*1H3. The highest BCUT2D eigenvalue weighted by molar-refractivity contribution is 6.40. The van der Waals surface area contributed by atoms with E-state index >= 15 is 0 Å². The second kappa shape index (κ2) is 26.0. The highest BCUT2D eigenvalue weighted by Crippen LogP contribution is 2.48. The van der Waals surface area contributed by atoms with Crippen molar-refractivity contribution in [1.82, 2.24) is 22.1 Å². The van der Waals surface area contributed by atoms with Crippen LogP contribution in [0.25, 0.3) is 0 Å². The fourth-order valence-corrected chi connectivity index (χ4v) is 11.9. The van der Waals surface area contributed by atoms with Gasteiger partial charge in [0.25, 0.3) is 0 Å². The number of nitrogens with zero attached hydrogens (tertiary/aromatic N) is 2. The number of aromatic carboxylic acids is 2. The number of hydrogen-bond acceptors (Lipinski definition) is 6. The van der Waals surface area contributed by atoms with Crippen molar-refractivity contribution < 1.29 is 19.8 Å². The number of carbonyl (C=O) groups is 2. The summed E-state index contributed by atoms with van der Waals surface area (Å²) in [7, 11) is 0. The van der Waals surface area contributed by atoms with Crippen LogP contribution in [0.3, 0.4) is 0 Å². The van der Waals surface area contributed by atoms with Crippen molar-refractivity contribution >= 4 is 58.3 Å². The third kappa shape index (κ3) is 11.7. The summed E-state index contributed by atoms with van der Waals surface area (Å²) in [5.74, 6) is -2.21. The third-order valence-electron chi connectivity index (χ3n) is 14.3. The lowest BCUT2D eigenvalue weighted by Gasteiger charge is -2.47. The van der Waals surface area contributed by atoms with Gasteiger partial charge in [-0.15, -0.1) is 0 Å². The van der Waals surface area contributed by atoms with E-state index in [0.29, 0.717) is 39.0 Å². The SMILES string of the molecule is CC(C)=C(C)C.N.N.O=C(O)c1c(Cl)cc2c(c1Cl)CCN(C(c1ccccc1)(c1ccccc1)c1ccccc1)C2.O=C(O)c1c(Cl)cc2c(c1Cl)CCN(C(c1ccccc1)(c1ccccc1)c1ccccc1)C2. The second-order valence-electron chi connectivity index (χ2n) is 18.9. The molecule has 0 atom stereocenters. The lowest BCUT2D eigenvalue weighted by Crippen LogP contribution is -2.50. The maximum atomic E-state index is 11.7. The number of allylic oxidation sites excluding steroid dienone is 2. The first kappa shape index (κ1) is 58.7. The Morgan fingerprint density at radius 2 is 0.632 bits per heavy atom. The summed E-state index contributed by atoms with van der Waals surface area (Å²) < 4.78 is 0. The molecule has 0 spiro atoms. The molecule has 2 aliphatic rings. The molecule has 0 amide bonds. The van der Waals surface area contributed by atoms with Gasteiger partial charge in [0.05, 0.1) is 42.3 Å². The largest absolute Gasteiger partial charge is 0.478 e. The molecule has 76 heavy (non-hydrogen) atoms. The predicted molar refractivity (Wildman–Crippen MR) is 313 cm³/mol. The van der Waals surface area contributed by atoms with E-state index < -0.39 is 23.0 Å². The average Bonchev–Trinajstić information content (AvgIpc) is 3.42. The van der Waals surface area contributed by atoms with Crippen molar-refractivity contribution in [2.24, 2.45) is 0 Å². The van der Waals surface area contributed by atoms with E-state index in [1.807, 2.05) is 36.4 Å². The molecule has 12 heteroatoms. The van der Waals surface area contributed by atoms with Crippen molar-refractivity contribution in [3.63, 3.8) is 0 Å². The molecular weight excluding hydrogens is 1030 g/mol. The number of hydrogen-bond donors (Lipinski definition) is 4. The molecule has 2 aliphatic heterocycles. The van der Waals surface area contributed by atoms with Gasteiger partial charge < -0.3 is 22.5 Å². The Hall–Kier alpha value is -6.56. The molecule has 10 rings (SSSR count). The molecule has 0 fully saturated rings. The van der Waals surface area contributed by atoms with E-state index in [9.17, 15) is 19.8 Å². The summed E-state index contributed by atoms with van der Waals surface area (Å²) in [4.78, 5) is 28.3. The fourth-order valence-electron chi connectivity index (χ4n) is 10.4. The Labute approximate surface area is 467 Å². The number of fused-ring (bicyclic) bond motifs is 2. The molecule has 8 aromatic rings. The Bertz CT molecular complexity index is 2850. The Kier molecular flexibility index (Phi) is 20.1. The first-order valence-electron chi connectivity index (χ1n) is 24.6. The van der Waals surface area contributed by atoms with Crippen LogP contribution in [-0.2, 0) is 37.0 Å². The predicted octanol–water partition coefficient (Wildman–Crippen LogP) is 16.8. The zero-order valence-electron chi connectivity index (χ0n) is 43.2. The van der Waals surface area contributed by atoms with E-state index in [4.69, 9.17) is 46.4 Å². The first-order chi connectivity index (χ1) is 35.7. The van der Waals surface area contributed by atoms with E-state index in [1.165, 1.54) is 11.1 Å². The normalized spacial score (nSPS) is 13.1. The summed E-state index contributed by atoms with van der Waals surface area (Å²) in [5.41, 5.74) is 12.3. The molecule has 8 N–H and O–H groups in total. The smallest absolute Gasteiger partial charge is 0.338 e. The molecular formula is C64H64Cl4N4O4. The molecule has 8 aromatic carbocycles. The number of halogens is 4. The molecule has 8 nitrogen and oxygen atoms in total. The van der Waals surface area contributed by atoms with E-state index in [0.717, 1.165) is 55.6 Å². The van der Waals surface area contributed by atoms with Gasteiger partial charge >= 0.3 is 11.9 Å². The van der Waals surface area contributed by atoms with Crippen LogP contribution in [0.4, 0.5) is 0 Å². The average molecular weight is 1100 g/mol. The zero-order chi connectivity index (χ0) is 52.6. The summed E-state index contributed by atoms with van der Waals surface area (Å²) in [6.07, 6.45) is 1.25. The van der Waals surface area contributed by atoms with Gasteiger partial charge in [-0.25, -0.2) is 9.59 Å². The molecule has 0 bridgehead atoms. The molecule has 0 unspecified atom stereocenters. The molecule has 392 valence electrons. The van der Waals surface area contributed by atoms with Gasteiger partial charge in [-0.1, -0.05) is 240 Å². The monoisotopic (exact) mass is 1090 g/mol. The highest BCUT2D eigenvalue weighted by atomic mass is 35.5. The van der Waals surface area contributed by atoms with Crippen LogP contribution in [0.2, 0.25) is 20.1 Å². The van der Waals surface area contributed by atoms with Gasteiger partial charge in [-0.3, -0.25) is 9.80 Å². The number of benzene rings is 8.